The predicted octanol–water partition coefficient (Wildman–Crippen LogP) is 2.88. The van der Waals surface area contributed by atoms with Crippen molar-refractivity contribution >= 4 is 11.9 Å². The fraction of sp³-hybridized carbons (Fsp3) is 0.500. The Bertz CT molecular complexity index is 553. The highest BCUT2D eigenvalue weighted by molar-refractivity contribution is 5.78. The number of urea groups is 1. The predicted molar refractivity (Wildman–Crippen MR) is 100 cm³/mol. The average molecular weight is 343 g/mol. The van der Waals surface area contributed by atoms with Crippen molar-refractivity contribution in [3.63, 3.8) is 0 Å². The summed E-state index contributed by atoms with van der Waals surface area (Å²) in [5.74, 6) is 0.0201. The first kappa shape index (κ1) is 19.0. The minimum Gasteiger partial charge on any atom is -0.353 e. The number of carbonyl (C=O) groups is 2. The molecule has 1 saturated carbocycles. The second-order valence-corrected chi connectivity index (χ2v) is 6.50. The van der Waals surface area contributed by atoms with Crippen LogP contribution in [0.25, 0.3) is 0 Å². The van der Waals surface area contributed by atoms with E-state index in [2.05, 4.69) is 29.3 Å². The van der Waals surface area contributed by atoms with E-state index in [9.17, 15) is 9.59 Å². The second-order valence-electron chi connectivity index (χ2n) is 6.50. The van der Waals surface area contributed by atoms with Gasteiger partial charge in [-0.1, -0.05) is 49.2 Å². The van der Waals surface area contributed by atoms with Crippen LogP contribution in [-0.4, -0.2) is 42.5 Å². The molecule has 5 heteroatoms. The molecule has 1 aromatic rings. The van der Waals surface area contributed by atoms with Gasteiger partial charge in [0.05, 0.1) is 0 Å². The lowest BCUT2D eigenvalue weighted by molar-refractivity contribution is -0.121. The van der Waals surface area contributed by atoms with Gasteiger partial charge in [-0.3, -0.25) is 4.79 Å². The van der Waals surface area contributed by atoms with Crippen molar-refractivity contribution in [2.24, 2.45) is 0 Å². The molecular weight excluding hydrogens is 314 g/mol. The summed E-state index contributed by atoms with van der Waals surface area (Å²) in [6.45, 7) is 5.19. The molecule has 25 heavy (non-hydrogen) atoms. The first-order valence-electron chi connectivity index (χ1n) is 9.16. The summed E-state index contributed by atoms with van der Waals surface area (Å²) >= 11 is 0. The van der Waals surface area contributed by atoms with Crippen LogP contribution < -0.4 is 10.6 Å². The van der Waals surface area contributed by atoms with Gasteiger partial charge in [-0.15, -0.1) is 6.58 Å². The van der Waals surface area contributed by atoms with Crippen LogP contribution in [0, 0.1) is 0 Å². The number of hydrogen-bond acceptors (Lipinski definition) is 2. The van der Waals surface area contributed by atoms with E-state index in [-0.39, 0.29) is 11.9 Å². The molecule has 2 rings (SSSR count). The van der Waals surface area contributed by atoms with E-state index in [0.29, 0.717) is 32.1 Å². The molecule has 0 saturated heterocycles. The zero-order valence-electron chi connectivity index (χ0n) is 14.9. The second kappa shape index (κ2) is 10.5. The van der Waals surface area contributed by atoms with E-state index in [1.165, 1.54) is 18.4 Å². The Kier molecular flexibility index (Phi) is 8.02. The number of nitrogens with one attached hydrogen (secondary N) is 2. The van der Waals surface area contributed by atoms with E-state index in [1.807, 2.05) is 18.2 Å². The summed E-state index contributed by atoms with van der Waals surface area (Å²) in [6, 6.07) is 10.3. The summed E-state index contributed by atoms with van der Waals surface area (Å²) < 4.78 is 0. The van der Waals surface area contributed by atoms with Gasteiger partial charge in [0.1, 0.15) is 0 Å². The molecule has 1 aliphatic rings. The molecule has 0 atom stereocenters. The van der Waals surface area contributed by atoms with Crippen molar-refractivity contribution < 1.29 is 9.59 Å². The minimum absolute atomic E-state index is 0.0201. The number of rotatable bonds is 9. The van der Waals surface area contributed by atoms with Gasteiger partial charge in [0.2, 0.25) is 5.91 Å². The highest BCUT2D eigenvalue weighted by Crippen LogP contribution is 2.17. The van der Waals surface area contributed by atoms with Crippen molar-refractivity contribution in [1.82, 2.24) is 15.5 Å². The van der Waals surface area contributed by atoms with Gasteiger partial charge >= 0.3 is 6.03 Å². The van der Waals surface area contributed by atoms with Gasteiger partial charge < -0.3 is 15.5 Å². The van der Waals surface area contributed by atoms with Crippen molar-refractivity contribution in [2.75, 3.05) is 19.6 Å². The minimum atomic E-state index is -0.149. The zero-order chi connectivity index (χ0) is 17.9. The first-order valence-corrected chi connectivity index (χ1v) is 9.16. The van der Waals surface area contributed by atoms with Crippen LogP contribution in [-0.2, 0) is 11.2 Å². The maximum atomic E-state index is 12.3. The quantitative estimate of drug-likeness (QED) is 0.677. The Hall–Kier alpha value is -2.30. The first-order chi connectivity index (χ1) is 12.2. The van der Waals surface area contributed by atoms with E-state index >= 15 is 0 Å². The van der Waals surface area contributed by atoms with Gasteiger partial charge in [-0.05, 0) is 24.8 Å². The summed E-state index contributed by atoms with van der Waals surface area (Å²) in [7, 11) is 0. The lowest BCUT2D eigenvalue weighted by Crippen LogP contribution is -2.43. The van der Waals surface area contributed by atoms with Crippen LogP contribution in [0.4, 0.5) is 4.79 Å². The normalized spacial score (nSPS) is 14.1. The lowest BCUT2D eigenvalue weighted by atomic mass is 10.1. The number of amides is 3. The van der Waals surface area contributed by atoms with Crippen molar-refractivity contribution in [3.05, 3.63) is 48.6 Å². The monoisotopic (exact) mass is 343 g/mol. The smallest absolute Gasteiger partial charge is 0.317 e. The number of hydrogen-bond donors (Lipinski definition) is 2. The molecule has 1 aliphatic carbocycles. The van der Waals surface area contributed by atoms with E-state index in [1.54, 1.807) is 11.0 Å². The molecule has 5 nitrogen and oxygen atoms in total. The zero-order valence-corrected chi connectivity index (χ0v) is 14.9. The Labute approximate surface area is 150 Å². The van der Waals surface area contributed by atoms with Crippen LogP contribution in [0.2, 0.25) is 0 Å². The average Bonchev–Trinajstić information content (AvgIpc) is 3.12. The number of benzene rings is 1. The third-order valence-corrected chi connectivity index (χ3v) is 4.50. The highest BCUT2D eigenvalue weighted by atomic mass is 16.2. The third-order valence-electron chi connectivity index (χ3n) is 4.50. The van der Waals surface area contributed by atoms with Gasteiger partial charge in [0.15, 0.2) is 0 Å². The summed E-state index contributed by atoms with van der Waals surface area (Å²) in [5, 5.41) is 5.87. The third kappa shape index (κ3) is 6.99. The van der Waals surface area contributed by atoms with Crippen LogP contribution in [0.3, 0.4) is 0 Å². The molecule has 0 radical (unpaired) electrons. The van der Waals surface area contributed by atoms with Gasteiger partial charge in [-0.25, -0.2) is 4.79 Å². The fourth-order valence-electron chi connectivity index (χ4n) is 3.11. The van der Waals surface area contributed by atoms with Crippen LogP contribution in [0.5, 0.6) is 0 Å². The molecule has 136 valence electrons. The number of carbonyl (C=O) groups excluding carboxylic acids is 2. The molecule has 0 aromatic heterocycles. The molecule has 0 heterocycles. The van der Waals surface area contributed by atoms with Crippen LogP contribution in [0.15, 0.2) is 43.0 Å². The Morgan fingerprint density at radius 2 is 1.92 bits per heavy atom. The molecule has 0 bridgehead atoms. The van der Waals surface area contributed by atoms with Crippen molar-refractivity contribution in [1.29, 1.82) is 0 Å². The van der Waals surface area contributed by atoms with Gasteiger partial charge in [-0.2, -0.15) is 0 Å². The maximum Gasteiger partial charge on any atom is 0.317 e. The molecule has 0 spiro atoms. The van der Waals surface area contributed by atoms with E-state index < -0.39 is 0 Å². The molecule has 1 aromatic carbocycles. The van der Waals surface area contributed by atoms with Crippen molar-refractivity contribution in [3.8, 4) is 0 Å². The SMILES string of the molecule is C=CCN(CCc1ccccc1)C(=O)NCCC(=O)NC1CCCC1. The fourth-order valence-corrected chi connectivity index (χ4v) is 3.11. The molecule has 2 N–H and O–H groups in total. The van der Waals surface area contributed by atoms with E-state index in [0.717, 1.165) is 19.3 Å². The highest BCUT2D eigenvalue weighted by Gasteiger charge is 2.17. The molecule has 0 aliphatic heterocycles. The molecule has 0 unspecified atom stereocenters. The standard InChI is InChI=1S/C20H29N3O2/c1-2-15-23(16-13-17-8-4-3-5-9-17)20(25)21-14-12-19(24)22-18-10-6-7-11-18/h2-5,8-9,18H,1,6-7,10-16H2,(H,21,25)(H,22,24). The number of nitrogens with zero attached hydrogens (tertiary/aromatic N) is 1. The van der Waals surface area contributed by atoms with E-state index in [4.69, 9.17) is 0 Å². The maximum absolute atomic E-state index is 12.3. The Balaban J connectivity index is 1.69. The summed E-state index contributed by atoms with van der Waals surface area (Å²) in [4.78, 5) is 25.9. The largest absolute Gasteiger partial charge is 0.353 e. The topological polar surface area (TPSA) is 61.4 Å². The lowest BCUT2D eigenvalue weighted by Gasteiger charge is -2.22. The van der Waals surface area contributed by atoms with Crippen LogP contribution >= 0.6 is 0 Å². The molecule has 3 amide bonds. The van der Waals surface area contributed by atoms with Gasteiger partial charge in [0.25, 0.3) is 0 Å². The Morgan fingerprint density at radius 3 is 2.60 bits per heavy atom. The van der Waals surface area contributed by atoms with Crippen LogP contribution in [0.1, 0.15) is 37.7 Å². The van der Waals surface area contributed by atoms with Gasteiger partial charge in [0, 0.05) is 32.1 Å². The Morgan fingerprint density at radius 1 is 1.20 bits per heavy atom. The molecular formula is C20H29N3O2. The van der Waals surface area contributed by atoms with Crippen molar-refractivity contribution in [2.45, 2.75) is 44.6 Å². The molecule has 1 fully saturated rings. The summed E-state index contributed by atoms with van der Waals surface area (Å²) in [6.07, 6.45) is 7.37. The summed E-state index contributed by atoms with van der Waals surface area (Å²) in [5.41, 5.74) is 1.19.